The summed E-state index contributed by atoms with van der Waals surface area (Å²) in [6.45, 7) is 3.54. The molecule has 0 bridgehead atoms. The van der Waals surface area contributed by atoms with Gasteiger partial charge in [0.05, 0.1) is 0 Å². The lowest BCUT2D eigenvalue weighted by Crippen LogP contribution is -2.13. The van der Waals surface area contributed by atoms with E-state index in [1.54, 1.807) is 6.08 Å². The van der Waals surface area contributed by atoms with Gasteiger partial charge in [-0.05, 0) is 43.7 Å². The summed E-state index contributed by atoms with van der Waals surface area (Å²) in [6.07, 6.45) is 2.97. The highest BCUT2D eigenvalue weighted by Crippen LogP contribution is 2.14. The minimum absolute atomic E-state index is 0.198. The first-order valence-corrected chi connectivity index (χ1v) is 7.94. The average Bonchev–Trinajstić information content (AvgIpc) is 2.79. The van der Waals surface area contributed by atoms with Gasteiger partial charge in [0.15, 0.2) is 6.61 Å². The third-order valence-corrected chi connectivity index (χ3v) is 4.23. The molecule has 0 amide bonds. The number of halogens is 1. The first kappa shape index (κ1) is 17.2. The van der Waals surface area contributed by atoms with Crippen LogP contribution in [0.15, 0.2) is 40.9 Å². The van der Waals surface area contributed by atoms with Crippen LogP contribution in [0.3, 0.4) is 0 Å². The Morgan fingerprint density at radius 3 is 2.43 bits per heavy atom. The highest BCUT2D eigenvalue weighted by Gasteiger charge is 2.15. The van der Waals surface area contributed by atoms with E-state index in [1.165, 1.54) is 6.08 Å². The molecule has 0 aliphatic rings. The number of ether oxygens (including phenoxy) is 1. The summed E-state index contributed by atoms with van der Waals surface area (Å²) < 4.78 is 7.92. The Kier molecular flexibility index (Phi) is 5.55. The molecule has 120 valence electrons. The van der Waals surface area contributed by atoms with Gasteiger partial charge in [-0.3, -0.25) is 4.79 Å². The molecule has 4 nitrogen and oxygen atoms in total. The first-order valence-electron chi connectivity index (χ1n) is 7.15. The molecule has 23 heavy (non-hydrogen) atoms. The van der Waals surface area contributed by atoms with Gasteiger partial charge in [0.2, 0.25) is 5.78 Å². The Hall–Kier alpha value is -2.14. The fourth-order valence-corrected chi connectivity index (χ4v) is 2.40. The van der Waals surface area contributed by atoms with Crippen LogP contribution in [0.4, 0.5) is 0 Å². The van der Waals surface area contributed by atoms with Crippen molar-refractivity contribution in [3.8, 4) is 0 Å². The van der Waals surface area contributed by atoms with Crippen molar-refractivity contribution in [2.45, 2.75) is 13.8 Å². The molecule has 0 atom stereocenters. The minimum atomic E-state index is -0.536. The molecule has 2 rings (SSSR count). The van der Waals surface area contributed by atoms with E-state index < -0.39 is 5.97 Å². The maximum Gasteiger partial charge on any atom is 0.331 e. The zero-order valence-electron chi connectivity index (χ0n) is 13.3. The van der Waals surface area contributed by atoms with E-state index in [2.05, 4.69) is 15.9 Å². The molecular weight excluding hydrogens is 358 g/mol. The van der Waals surface area contributed by atoms with Crippen molar-refractivity contribution in [1.29, 1.82) is 0 Å². The summed E-state index contributed by atoms with van der Waals surface area (Å²) in [5, 5.41) is 0. The molecule has 0 saturated carbocycles. The molecule has 0 aliphatic heterocycles. The lowest BCUT2D eigenvalue weighted by atomic mass is 10.1. The van der Waals surface area contributed by atoms with E-state index in [9.17, 15) is 9.59 Å². The van der Waals surface area contributed by atoms with Crippen molar-refractivity contribution in [3.05, 3.63) is 63.4 Å². The third-order valence-electron chi connectivity index (χ3n) is 3.70. The van der Waals surface area contributed by atoms with Crippen molar-refractivity contribution >= 4 is 33.8 Å². The normalized spacial score (nSPS) is 11.0. The van der Waals surface area contributed by atoms with Gasteiger partial charge >= 0.3 is 5.97 Å². The summed E-state index contributed by atoms with van der Waals surface area (Å²) in [4.78, 5) is 23.8. The molecule has 1 aromatic heterocycles. The molecule has 1 aromatic carbocycles. The topological polar surface area (TPSA) is 48.3 Å². The zero-order valence-corrected chi connectivity index (χ0v) is 14.9. The quantitative estimate of drug-likeness (QED) is 0.453. The molecule has 0 unspecified atom stereocenters. The predicted octanol–water partition coefficient (Wildman–Crippen LogP) is 3.84. The number of esters is 1. The molecule has 0 spiro atoms. The van der Waals surface area contributed by atoms with Gasteiger partial charge in [0, 0.05) is 34.5 Å². The second kappa shape index (κ2) is 7.42. The molecular formula is C18H18BrNO3. The number of aryl methyl sites for hydroxylation is 1. The van der Waals surface area contributed by atoms with E-state index in [0.29, 0.717) is 5.56 Å². The molecule has 1 heterocycles. The Morgan fingerprint density at radius 1 is 1.22 bits per heavy atom. The molecule has 2 aromatic rings. The fourth-order valence-electron chi connectivity index (χ4n) is 2.14. The molecule has 5 heteroatoms. The smallest absolute Gasteiger partial charge is 0.331 e. The van der Waals surface area contributed by atoms with Crippen LogP contribution >= 0.6 is 15.9 Å². The van der Waals surface area contributed by atoms with Crippen LogP contribution in [0.5, 0.6) is 0 Å². The summed E-state index contributed by atoms with van der Waals surface area (Å²) in [6, 6.07) is 9.32. The largest absolute Gasteiger partial charge is 0.454 e. The number of hydrogen-bond acceptors (Lipinski definition) is 3. The average molecular weight is 376 g/mol. The van der Waals surface area contributed by atoms with Gasteiger partial charge in [-0.25, -0.2) is 4.79 Å². The maximum absolute atomic E-state index is 12.1. The number of nitrogens with zero attached hydrogens (tertiary/aromatic N) is 1. The van der Waals surface area contributed by atoms with Crippen LogP contribution in [-0.4, -0.2) is 22.9 Å². The highest BCUT2D eigenvalue weighted by atomic mass is 79.9. The van der Waals surface area contributed by atoms with E-state index >= 15 is 0 Å². The van der Waals surface area contributed by atoms with Crippen molar-refractivity contribution in [1.82, 2.24) is 4.57 Å². The Balaban J connectivity index is 1.92. The SMILES string of the molecule is Cc1cc(C(=O)COC(=O)/C=C/c2ccc(Br)cc2)c(C)n1C. The molecule has 0 saturated heterocycles. The number of Topliss-reactive ketones (excluding diaryl/α,β-unsaturated/α-hetero) is 1. The summed E-state index contributed by atoms with van der Waals surface area (Å²) in [5.74, 6) is -0.733. The van der Waals surface area contributed by atoms with Crippen molar-refractivity contribution < 1.29 is 14.3 Å². The van der Waals surface area contributed by atoms with Crippen LogP contribution in [-0.2, 0) is 16.6 Å². The number of rotatable bonds is 5. The van der Waals surface area contributed by atoms with E-state index in [0.717, 1.165) is 21.4 Å². The lowest BCUT2D eigenvalue weighted by molar-refractivity contribution is -0.136. The predicted molar refractivity (Wildman–Crippen MR) is 93.4 cm³/mol. The number of carbonyl (C=O) groups excluding carboxylic acids is 2. The van der Waals surface area contributed by atoms with Gasteiger partial charge in [0.1, 0.15) is 0 Å². The van der Waals surface area contributed by atoms with Crippen molar-refractivity contribution in [2.24, 2.45) is 7.05 Å². The Bertz CT molecular complexity index is 757. The molecule has 0 N–H and O–H groups in total. The Morgan fingerprint density at radius 2 is 1.87 bits per heavy atom. The first-order chi connectivity index (χ1) is 10.9. The van der Waals surface area contributed by atoms with E-state index in [1.807, 2.05) is 55.8 Å². The zero-order chi connectivity index (χ0) is 17.0. The van der Waals surface area contributed by atoms with Crippen LogP contribution in [0.1, 0.15) is 27.3 Å². The van der Waals surface area contributed by atoms with Gasteiger partial charge < -0.3 is 9.30 Å². The minimum Gasteiger partial charge on any atom is -0.454 e. The molecule has 0 radical (unpaired) electrons. The standard InChI is InChI=1S/C18H18BrNO3/c1-12-10-16(13(2)20(12)3)17(21)11-23-18(22)9-6-14-4-7-15(19)8-5-14/h4-10H,11H2,1-3H3/b9-6+. The van der Waals surface area contributed by atoms with Crippen molar-refractivity contribution in [3.63, 3.8) is 0 Å². The molecule has 0 aliphatic carbocycles. The maximum atomic E-state index is 12.1. The summed E-state index contributed by atoms with van der Waals surface area (Å²) >= 11 is 3.35. The van der Waals surface area contributed by atoms with Crippen LogP contribution in [0, 0.1) is 13.8 Å². The number of aromatic nitrogens is 1. The highest BCUT2D eigenvalue weighted by molar-refractivity contribution is 9.10. The van der Waals surface area contributed by atoms with Gasteiger partial charge in [-0.2, -0.15) is 0 Å². The Labute approximate surface area is 143 Å². The lowest BCUT2D eigenvalue weighted by Gasteiger charge is -2.03. The number of hydrogen-bond donors (Lipinski definition) is 0. The van der Waals surface area contributed by atoms with Crippen LogP contribution in [0.25, 0.3) is 6.08 Å². The second-order valence-corrected chi connectivity index (χ2v) is 6.18. The fraction of sp³-hybridized carbons (Fsp3) is 0.222. The van der Waals surface area contributed by atoms with Gasteiger partial charge in [-0.1, -0.05) is 28.1 Å². The monoisotopic (exact) mass is 375 g/mol. The molecule has 0 fully saturated rings. The van der Waals surface area contributed by atoms with E-state index in [-0.39, 0.29) is 12.4 Å². The van der Waals surface area contributed by atoms with E-state index in [4.69, 9.17) is 4.74 Å². The van der Waals surface area contributed by atoms with Crippen molar-refractivity contribution in [2.75, 3.05) is 6.61 Å². The number of benzene rings is 1. The third kappa shape index (κ3) is 4.42. The second-order valence-electron chi connectivity index (χ2n) is 5.26. The van der Waals surface area contributed by atoms with Crippen LogP contribution < -0.4 is 0 Å². The van der Waals surface area contributed by atoms with Gasteiger partial charge in [-0.15, -0.1) is 0 Å². The summed E-state index contributed by atoms with van der Waals surface area (Å²) in [5.41, 5.74) is 3.34. The van der Waals surface area contributed by atoms with Crippen LogP contribution in [0.2, 0.25) is 0 Å². The number of carbonyl (C=O) groups is 2. The summed E-state index contributed by atoms with van der Waals surface area (Å²) in [7, 11) is 1.90. The van der Waals surface area contributed by atoms with Gasteiger partial charge in [0.25, 0.3) is 0 Å². The number of ketones is 1.